The summed E-state index contributed by atoms with van der Waals surface area (Å²) in [5.41, 5.74) is 0. The molecule has 1 aliphatic rings. The Kier molecular flexibility index (Phi) is 7.02. The maximum Gasteiger partial charge on any atom is 0.236 e. The molecule has 0 heterocycles. The summed E-state index contributed by atoms with van der Waals surface area (Å²) in [6, 6.07) is -0.0805. The van der Waals surface area contributed by atoms with E-state index in [9.17, 15) is 4.79 Å². The SMILES string of the molecule is CC(C)CCNC(=O)C(C)NCC1CC=CCC1. The summed E-state index contributed by atoms with van der Waals surface area (Å²) in [5, 5.41) is 6.33. The third kappa shape index (κ3) is 6.20. The second-order valence-corrected chi connectivity index (χ2v) is 5.75. The highest BCUT2D eigenvalue weighted by atomic mass is 16.2. The van der Waals surface area contributed by atoms with Gasteiger partial charge in [0.15, 0.2) is 0 Å². The zero-order valence-corrected chi connectivity index (χ0v) is 12.0. The van der Waals surface area contributed by atoms with Gasteiger partial charge in [0.1, 0.15) is 0 Å². The molecule has 0 bridgehead atoms. The van der Waals surface area contributed by atoms with E-state index in [2.05, 4.69) is 36.6 Å². The Labute approximate surface area is 111 Å². The highest BCUT2D eigenvalue weighted by Gasteiger charge is 2.15. The van der Waals surface area contributed by atoms with Gasteiger partial charge in [0.2, 0.25) is 5.91 Å². The predicted molar refractivity (Wildman–Crippen MR) is 76.4 cm³/mol. The van der Waals surface area contributed by atoms with E-state index in [1.807, 2.05) is 6.92 Å². The number of carbonyl (C=O) groups is 1. The summed E-state index contributed by atoms with van der Waals surface area (Å²) in [7, 11) is 0. The Morgan fingerprint density at radius 3 is 2.72 bits per heavy atom. The van der Waals surface area contributed by atoms with E-state index < -0.39 is 0 Å². The zero-order chi connectivity index (χ0) is 13.4. The van der Waals surface area contributed by atoms with E-state index in [0.717, 1.165) is 25.9 Å². The summed E-state index contributed by atoms with van der Waals surface area (Å²) in [6.07, 6.45) is 9.12. The lowest BCUT2D eigenvalue weighted by atomic mass is 9.94. The van der Waals surface area contributed by atoms with Gasteiger partial charge in [0.05, 0.1) is 6.04 Å². The van der Waals surface area contributed by atoms with Gasteiger partial charge >= 0.3 is 0 Å². The van der Waals surface area contributed by atoms with Crippen molar-refractivity contribution >= 4 is 5.91 Å². The molecule has 2 atom stereocenters. The smallest absolute Gasteiger partial charge is 0.236 e. The molecule has 18 heavy (non-hydrogen) atoms. The average Bonchev–Trinajstić information content (AvgIpc) is 2.36. The molecule has 0 aromatic rings. The molecule has 0 spiro atoms. The standard InChI is InChI=1S/C15H28N2O/c1-12(2)9-10-16-15(18)13(3)17-11-14-7-5-4-6-8-14/h4-5,12-14,17H,6-11H2,1-3H3,(H,16,18). The van der Waals surface area contributed by atoms with Crippen LogP contribution in [-0.2, 0) is 4.79 Å². The summed E-state index contributed by atoms with van der Waals surface area (Å²) in [4.78, 5) is 11.8. The molecule has 1 rings (SSSR count). The fourth-order valence-corrected chi connectivity index (χ4v) is 2.11. The lowest BCUT2D eigenvalue weighted by Gasteiger charge is -2.21. The third-order valence-electron chi connectivity index (χ3n) is 3.50. The van der Waals surface area contributed by atoms with Crippen LogP contribution in [-0.4, -0.2) is 25.0 Å². The molecule has 0 aliphatic heterocycles. The van der Waals surface area contributed by atoms with Crippen molar-refractivity contribution in [1.29, 1.82) is 0 Å². The van der Waals surface area contributed by atoms with E-state index in [4.69, 9.17) is 0 Å². The second-order valence-electron chi connectivity index (χ2n) is 5.75. The fourth-order valence-electron chi connectivity index (χ4n) is 2.11. The van der Waals surface area contributed by atoms with E-state index in [1.165, 1.54) is 12.8 Å². The van der Waals surface area contributed by atoms with E-state index in [1.54, 1.807) is 0 Å². The normalized spacial score (nSPS) is 21.0. The van der Waals surface area contributed by atoms with Crippen LogP contribution in [0.5, 0.6) is 0 Å². The van der Waals surface area contributed by atoms with Crippen molar-refractivity contribution in [2.45, 2.75) is 52.5 Å². The highest BCUT2D eigenvalue weighted by molar-refractivity contribution is 5.81. The average molecular weight is 252 g/mol. The minimum atomic E-state index is -0.0805. The first-order valence-electron chi connectivity index (χ1n) is 7.25. The largest absolute Gasteiger partial charge is 0.355 e. The van der Waals surface area contributed by atoms with Crippen LogP contribution in [0.2, 0.25) is 0 Å². The lowest BCUT2D eigenvalue weighted by Crippen LogP contribution is -2.44. The maximum absolute atomic E-state index is 11.8. The Balaban J connectivity index is 2.13. The molecule has 0 saturated heterocycles. The number of hydrogen-bond acceptors (Lipinski definition) is 2. The van der Waals surface area contributed by atoms with Gasteiger partial charge in [-0.2, -0.15) is 0 Å². The molecule has 2 unspecified atom stereocenters. The Morgan fingerprint density at radius 2 is 2.11 bits per heavy atom. The van der Waals surface area contributed by atoms with Crippen molar-refractivity contribution in [3.05, 3.63) is 12.2 Å². The van der Waals surface area contributed by atoms with Crippen molar-refractivity contribution in [3.63, 3.8) is 0 Å². The molecule has 0 radical (unpaired) electrons. The van der Waals surface area contributed by atoms with Gasteiger partial charge in [-0.1, -0.05) is 26.0 Å². The molecule has 0 fully saturated rings. The molecule has 0 aromatic carbocycles. The van der Waals surface area contributed by atoms with Gasteiger partial charge in [-0.05, 0) is 51.0 Å². The van der Waals surface area contributed by atoms with Crippen molar-refractivity contribution < 1.29 is 4.79 Å². The Hall–Kier alpha value is -0.830. The summed E-state index contributed by atoms with van der Waals surface area (Å²) < 4.78 is 0. The predicted octanol–water partition coefficient (Wildman–Crippen LogP) is 2.48. The molecule has 2 N–H and O–H groups in total. The first-order chi connectivity index (χ1) is 8.59. The number of carbonyl (C=O) groups excluding carboxylic acids is 1. The lowest BCUT2D eigenvalue weighted by molar-refractivity contribution is -0.122. The Morgan fingerprint density at radius 1 is 1.33 bits per heavy atom. The van der Waals surface area contributed by atoms with Crippen molar-refractivity contribution in [2.24, 2.45) is 11.8 Å². The quantitative estimate of drug-likeness (QED) is 0.684. The van der Waals surface area contributed by atoms with Crippen LogP contribution in [0.3, 0.4) is 0 Å². The van der Waals surface area contributed by atoms with Crippen molar-refractivity contribution in [2.75, 3.05) is 13.1 Å². The van der Waals surface area contributed by atoms with Crippen LogP contribution in [0.4, 0.5) is 0 Å². The monoisotopic (exact) mass is 252 g/mol. The second kappa shape index (κ2) is 8.30. The van der Waals surface area contributed by atoms with Crippen molar-refractivity contribution in [3.8, 4) is 0 Å². The van der Waals surface area contributed by atoms with Crippen LogP contribution in [0, 0.1) is 11.8 Å². The van der Waals surface area contributed by atoms with Gasteiger partial charge in [-0.3, -0.25) is 4.79 Å². The number of amides is 1. The summed E-state index contributed by atoms with van der Waals surface area (Å²) in [6.45, 7) is 8.02. The molecule has 104 valence electrons. The minimum Gasteiger partial charge on any atom is -0.355 e. The molecular formula is C15H28N2O. The van der Waals surface area contributed by atoms with Gasteiger partial charge < -0.3 is 10.6 Å². The minimum absolute atomic E-state index is 0.0805. The third-order valence-corrected chi connectivity index (χ3v) is 3.50. The number of allylic oxidation sites excluding steroid dienone is 2. The van der Waals surface area contributed by atoms with Crippen molar-refractivity contribution in [1.82, 2.24) is 10.6 Å². The van der Waals surface area contributed by atoms with Crippen LogP contribution in [0.25, 0.3) is 0 Å². The molecule has 3 heteroatoms. The topological polar surface area (TPSA) is 41.1 Å². The van der Waals surface area contributed by atoms with Crippen LogP contribution >= 0.6 is 0 Å². The molecule has 0 aromatic heterocycles. The fraction of sp³-hybridized carbons (Fsp3) is 0.800. The first kappa shape index (κ1) is 15.2. The number of rotatable bonds is 7. The van der Waals surface area contributed by atoms with Crippen LogP contribution < -0.4 is 10.6 Å². The highest BCUT2D eigenvalue weighted by Crippen LogP contribution is 2.16. The van der Waals surface area contributed by atoms with Gasteiger partial charge in [0.25, 0.3) is 0 Å². The molecular weight excluding hydrogens is 224 g/mol. The molecule has 1 aliphatic carbocycles. The van der Waals surface area contributed by atoms with E-state index >= 15 is 0 Å². The maximum atomic E-state index is 11.8. The van der Waals surface area contributed by atoms with Crippen LogP contribution in [0.15, 0.2) is 12.2 Å². The van der Waals surface area contributed by atoms with Gasteiger partial charge in [-0.25, -0.2) is 0 Å². The summed E-state index contributed by atoms with van der Waals surface area (Å²) >= 11 is 0. The van der Waals surface area contributed by atoms with E-state index in [-0.39, 0.29) is 11.9 Å². The first-order valence-corrected chi connectivity index (χ1v) is 7.25. The molecule has 0 saturated carbocycles. The van der Waals surface area contributed by atoms with Crippen LogP contribution in [0.1, 0.15) is 46.5 Å². The zero-order valence-electron chi connectivity index (χ0n) is 12.0. The number of nitrogens with one attached hydrogen (secondary N) is 2. The van der Waals surface area contributed by atoms with E-state index in [0.29, 0.717) is 11.8 Å². The van der Waals surface area contributed by atoms with Gasteiger partial charge in [-0.15, -0.1) is 0 Å². The Bertz CT molecular complexity index is 274. The summed E-state index contributed by atoms with van der Waals surface area (Å²) in [5.74, 6) is 1.46. The molecule has 1 amide bonds. The number of hydrogen-bond donors (Lipinski definition) is 2. The van der Waals surface area contributed by atoms with Gasteiger partial charge in [0, 0.05) is 6.54 Å². The molecule has 3 nitrogen and oxygen atoms in total.